The lowest BCUT2D eigenvalue weighted by Crippen LogP contribution is -2.48. The summed E-state index contributed by atoms with van der Waals surface area (Å²) < 4.78 is 5.07. The summed E-state index contributed by atoms with van der Waals surface area (Å²) >= 11 is 1.59. The third-order valence-electron chi connectivity index (χ3n) is 3.46. The molecule has 0 aliphatic carbocycles. The largest absolute Gasteiger partial charge is 0.343 e. The number of thioether (sulfide) groups is 1. The first-order valence-electron chi connectivity index (χ1n) is 7.65. The first-order chi connectivity index (χ1) is 10.7. The van der Waals surface area contributed by atoms with Gasteiger partial charge in [0.05, 0.1) is 5.88 Å². The smallest absolute Gasteiger partial charge is 0.248 e. The lowest BCUT2D eigenvalue weighted by molar-refractivity contribution is -0.139. The van der Waals surface area contributed by atoms with Crippen LogP contribution in [0.15, 0.2) is 4.52 Å². The molecule has 1 saturated heterocycles. The molecule has 7 nitrogen and oxygen atoms in total. The molecule has 23 heavy (non-hydrogen) atoms. The molecule has 0 bridgehead atoms. The van der Waals surface area contributed by atoms with Gasteiger partial charge in [0, 0.05) is 12.2 Å². The predicted molar refractivity (Wildman–Crippen MR) is 87.6 cm³/mol. The molecule has 128 valence electrons. The van der Waals surface area contributed by atoms with E-state index in [9.17, 15) is 9.59 Å². The van der Waals surface area contributed by atoms with E-state index < -0.39 is 6.04 Å². The summed E-state index contributed by atoms with van der Waals surface area (Å²) in [4.78, 5) is 30.7. The summed E-state index contributed by atoms with van der Waals surface area (Å²) in [6, 6.07) is -0.824. The van der Waals surface area contributed by atoms with Crippen LogP contribution >= 0.6 is 11.8 Å². The van der Waals surface area contributed by atoms with Crippen LogP contribution in [0, 0.1) is 12.3 Å². The van der Waals surface area contributed by atoms with Crippen LogP contribution in [0.5, 0.6) is 0 Å². The molecule has 1 aliphatic rings. The van der Waals surface area contributed by atoms with E-state index in [0.29, 0.717) is 29.8 Å². The zero-order chi connectivity index (χ0) is 17.2. The molecule has 2 rings (SSSR count). The SMILES string of the molecule is Cc1noc(C(C)NC(=O)C2CSCN2C(=O)CC(C)(C)C)n1. The highest BCUT2D eigenvalue weighted by molar-refractivity contribution is 7.99. The maximum absolute atomic E-state index is 12.5. The number of nitrogens with one attached hydrogen (secondary N) is 1. The van der Waals surface area contributed by atoms with Gasteiger partial charge in [-0.3, -0.25) is 9.59 Å². The summed E-state index contributed by atoms with van der Waals surface area (Å²) in [6.45, 7) is 9.56. The van der Waals surface area contributed by atoms with Gasteiger partial charge in [-0.25, -0.2) is 0 Å². The van der Waals surface area contributed by atoms with Gasteiger partial charge >= 0.3 is 0 Å². The molecular weight excluding hydrogens is 316 g/mol. The highest BCUT2D eigenvalue weighted by Crippen LogP contribution is 2.27. The van der Waals surface area contributed by atoms with Crippen molar-refractivity contribution in [2.24, 2.45) is 5.41 Å². The molecule has 1 aliphatic heterocycles. The molecule has 1 fully saturated rings. The molecule has 8 heteroatoms. The van der Waals surface area contributed by atoms with Crippen LogP contribution in [-0.4, -0.2) is 44.5 Å². The van der Waals surface area contributed by atoms with Gasteiger partial charge in [0.1, 0.15) is 12.1 Å². The minimum Gasteiger partial charge on any atom is -0.343 e. The van der Waals surface area contributed by atoms with Gasteiger partial charge < -0.3 is 14.7 Å². The monoisotopic (exact) mass is 340 g/mol. The van der Waals surface area contributed by atoms with Gasteiger partial charge in [0.15, 0.2) is 5.82 Å². The molecule has 0 spiro atoms. The van der Waals surface area contributed by atoms with E-state index in [-0.39, 0.29) is 23.3 Å². The molecule has 0 aromatic carbocycles. The van der Waals surface area contributed by atoms with Crippen LogP contribution in [-0.2, 0) is 9.59 Å². The van der Waals surface area contributed by atoms with Crippen molar-refractivity contribution < 1.29 is 14.1 Å². The van der Waals surface area contributed by atoms with E-state index in [0.717, 1.165) is 0 Å². The number of hydrogen-bond acceptors (Lipinski definition) is 6. The highest BCUT2D eigenvalue weighted by atomic mass is 32.2. The Morgan fingerprint density at radius 1 is 1.48 bits per heavy atom. The topological polar surface area (TPSA) is 88.3 Å². The Morgan fingerprint density at radius 2 is 2.17 bits per heavy atom. The normalized spacial score (nSPS) is 19.7. The first kappa shape index (κ1) is 17.8. The minimum atomic E-state index is -0.443. The molecule has 0 radical (unpaired) electrons. The number of carbonyl (C=O) groups is 2. The quantitative estimate of drug-likeness (QED) is 0.900. The number of carbonyl (C=O) groups excluding carboxylic acids is 2. The molecule has 2 atom stereocenters. The Bertz CT molecular complexity index is 582. The maximum atomic E-state index is 12.5. The van der Waals surface area contributed by atoms with Crippen molar-refractivity contribution in [3.63, 3.8) is 0 Å². The minimum absolute atomic E-state index is 0.0175. The zero-order valence-electron chi connectivity index (χ0n) is 14.3. The summed E-state index contributed by atoms with van der Waals surface area (Å²) in [5.74, 6) is 1.90. The second kappa shape index (κ2) is 6.90. The second-order valence-electron chi connectivity index (χ2n) is 7.03. The van der Waals surface area contributed by atoms with E-state index in [1.54, 1.807) is 30.5 Å². The number of rotatable bonds is 4. The summed E-state index contributed by atoms with van der Waals surface area (Å²) in [5, 5.41) is 6.58. The standard InChI is InChI=1S/C15H24N4O3S/c1-9(14-17-10(2)18-22-14)16-13(21)11-7-23-8-19(11)12(20)6-15(3,4)5/h9,11H,6-8H2,1-5H3,(H,16,21). The van der Waals surface area contributed by atoms with E-state index in [1.807, 2.05) is 20.8 Å². The van der Waals surface area contributed by atoms with Crippen LogP contribution in [0.1, 0.15) is 51.9 Å². The first-order valence-corrected chi connectivity index (χ1v) is 8.80. The molecule has 0 saturated carbocycles. The van der Waals surface area contributed by atoms with Crippen molar-refractivity contribution >= 4 is 23.6 Å². The Hall–Kier alpha value is -1.57. The van der Waals surface area contributed by atoms with E-state index in [2.05, 4.69) is 15.5 Å². The van der Waals surface area contributed by atoms with Crippen molar-refractivity contribution in [3.05, 3.63) is 11.7 Å². The molecule has 2 unspecified atom stereocenters. The van der Waals surface area contributed by atoms with Gasteiger partial charge in [0.25, 0.3) is 0 Å². The Morgan fingerprint density at radius 3 is 2.74 bits per heavy atom. The third-order valence-corrected chi connectivity index (χ3v) is 4.47. The number of amides is 2. The summed E-state index contributed by atoms with van der Waals surface area (Å²) in [6.07, 6.45) is 0.426. The zero-order valence-corrected chi connectivity index (χ0v) is 15.1. The van der Waals surface area contributed by atoms with Crippen molar-refractivity contribution in [1.29, 1.82) is 0 Å². The summed E-state index contributed by atoms with van der Waals surface area (Å²) in [5.41, 5.74) is -0.0973. The van der Waals surface area contributed by atoms with Crippen LogP contribution in [0.3, 0.4) is 0 Å². The fourth-order valence-corrected chi connectivity index (χ4v) is 3.50. The predicted octanol–water partition coefficient (Wildman–Crippen LogP) is 1.89. The Kier molecular flexibility index (Phi) is 5.33. The third kappa shape index (κ3) is 4.70. The van der Waals surface area contributed by atoms with Crippen LogP contribution in [0.2, 0.25) is 0 Å². The van der Waals surface area contributed by atoms with E-state index in [1.165, 1.54) is 0 Å². The molecule has 1 N–H and O–H groups in total. The van der Waals surface area contributed by atoms with Gasteiger partial charge in [-0.1, -0.05) is 25.9 Å². The summed E-state index contributed by atoms with van der Waals surface area (Å²) in [7, 11) is 0. The lowest BCUT2D eigenvalue weighted by atomic mass is 9.91. The fourth-order valence-electron chi connectivity index (χ4n) is 2.32. The Balaban J connectivity index is 1.99. The van der Waals surface area contributed by atoms with Crippen molar-refractivity contribution in [3.8, 4) is 0 Å². The molecule has 2 amide bonds. The van der Waals surface area contributed by atoms with Gasteiger partial charge in [0.2, 0.25) is 17.7 Å². The van der Waals surface area contributed by atoms with Crippen molar-refractivity contribution in [1.82, 2.24) is 20.4 Å². The van der Waals surface area contributed by atoms with E-state index in [4.69, 9.17) is 4.52 Å². The number of nitrogens with zero attached hydrogens (tertiary/aromatic N) is 3. The van der Waals surface area contributed by atoms with Crippen LogP contribution < -0.4 is 5.32 Å². The van der Waals surface area contributed by atoms with Crippen molar-refractivity contribution in [2.45, 2.75) is 53.1 Å². The highest BCUT2D eigenvalue weighted by Gasteiger charge is 2.36. The fraction of sp³-hybridized carbons (Fsp3) is 0.733. The lowest BCUT2D eigenvalue weighted by Gasteiger charge is -2.27. The maximum Gasteiger partial charge on any atom is 0.248 e. The average molecular weight is 340 g/mol. The number of hydrogen-bond donors (Lipinski definition) is 1. The van der Waals surface area contributed by atoms with E-state index >= 15 is 0 Å². The average Bonchev–Trinajstić information content (AvgIpc) is 3.04. The molecule has 1 aromatic rings. The van der Waals surface area contributed by atoms with Crippen LogP contribution in [0.25, 0.3) is 0 Å². The molecule has 2 heterocycles. The second-order valence-corrected chi connectivity index (χ2v) is 8.03. The Labute approximate surface area is 140 Å². The molecule has 1 aromatic heterocycles. The molecular formula is C15H24N4O3S. The van der Waals surface area contributed by atoms with Gasteiger partial charge in [-0.2, -0.15) is 4.98 Å². The van der Waals surface area contributed by atoms with Crippen LogP contribution in [0.4, 0.5) is 0 Å². The van der Waals surface area contributed by atoms with Gasteiger partial charge in [-0.05, 0) is 19.3 Å². The number of aromatic nitrogens is 2. The van der Waals surface area contributed by atoms with Gasteiger partial charge in [-0.15, -0.1) is 11.8 Å². The number of aryl methyl sites for hydroxylation is 1. The van der Waals surface area contributed by atoms with Crippen molar-refractivity contribution in [2.75, 3.05) is 11.6 Å².